The summed E-state index contributed by atoms with van der Waals surface area (Å²) in [5.74, 6) is -0.483. The highest BCUT2D eigenvalue weighted by Gasteiger charge is 2.32. The van der Waals surface area contributed by atoms with E-state index in [1.165, 1.54) is 0 Å². The van der Waals surface area contributed by atoms with E-state index < -0.39 is 12.1 Å². The molecule has 0 unspecified atom stereocenters. The molecule has 0 aliphatic heterocycles. The molecule has 1 aromatic rings. The number of nitrogens with zero attached hydrogens (tertiary/aromatic N) is 1. The normalized spacial score (nSPS) is 11.1. The predicted molar refractivity (Wildman–Crippen MR) is 44.0 cm³/mol. The molecule has 0 radical (unpaired) electrons. The van der Waals surface area contributed by atoms with E-state index in [-0.39, 0.29) is 10.2 Å². The fourth-order valence-electron chi connectivity index (χ4n) is 0.697. The summed E-state index contributed by atoms with van der Waals surface area (Å²) < 4.78 is 38.9. The van der Waals surface area contributed by atoms with E-state index >= 15 is 0 Å². The first-order chi connectivity index (χ1) is 6.42. The molecular weight excluding hydrogens is 267 g/mol. The molecule has 0 N–H and O–H groups in total. The van der Waals surface area contributed by atoms with Crippen LogP contribution in [0.5, 0.6) is 5.75 Å². The molecule has 0 saturated heterocycles. The first-order valence-electron chi connectivity index (χ1n) is 3.29. The van der Waals surface area contributed by atoms with E-state index in [0.29, 0.717) is 6.29 Å². The van der Waals surface area contributed by atoms with Crippen molar-refractivity contribution in [3.8, 4) is 5.75 Å². The summed E-state index contributed by atoms with van der Waals surface area (Å²) in [5.41, 5.74) is 0.0198. The fraction of sp³-hybridized carbons (Fsp3) is 0.143. The van der Waals surface area contributed by atoms with E-state index in [1.807, 2.05) is 0 Å². The molecule has 0 aliphatic rings. The predicted octanol–water partition coefficient (Wildman–Crippen LogP) is 2.56. The summed E-state index contributed by atoms with van der Waals surface area (Å²) in [6.07, 6.45) is -3.53. The van der Waals surface area contributed by atoms with E-state index in [1.54, 1.807) is 0 Å². The van der Waals surface area contributed by atoms with Gasteiger partial charge in [0, 0.05) is 0 Å². The van der Waals surface area contributed by atoms with Crippen LogP contribution in [0.2, 0.25) is 0 Å². The summed E-state index contributed by atoms with van der Waals surface area (Å²) in [4.78, 5) is 13.6. The van der Waals surface area contributed by atoms with Gasteiger partial charge in [0.15, 0.2) is 12.0 Å². The third-order valence-electron chi connectivity index (χ3n) is 1.19. The van der Waals surface area contributed by atoms with Gasteiger partial charge in [-0.3, -0.25) is 4.79 Å². The minimum absolute atomic E-state index is 0.0198. The first-order valence-corrected chi connectivity index (χ1v) is 4.08. The van der Waals surface area contributed by atoms with Crippen molar-refractivity contribution in [3.63, 3.8) is 0 Å². The number of alkyl halides is 3. The van der Waals surface area contributed by atoms with Crippen LogP contribution in [-0.4, -0.2) is 17.6 Å². The van der Waals surface area contributed by atoms with Crippen molar-refractivity contribution in [2.24, 2.45) is 0 Å². The van der Waals surface area contributed by atoms with Crippen molar-refractivity contribution < 1.29 is 22.7 Å². The molecule has 1 aromatic heterocycles. The van der Waals surface area contributed by atoms with Crippen LogP contribution in [0.15, 0.2) is 16.7 Å². The summed E-state index contributed by atoms with van der Waals surface area (Å²) >= 11 is 2.82. The second-order valence-corrected chi connectivity index (χ2v) is 3.06. The van der Waals surface area contributed by atoms with Crippen LogP contribution in [0.1, 0.15) is 10.5 Å². The van der Waals surface area contributed by atoms with E-state index in [2.05, 4.69) is 25.7 Å². The van der Waals surface area contributed by atoms with Crippen LogP contribution in [0.3, 0.4) is 0 Å². The molecule has 0 bridgehead atoms. The summed E-state index contributed by atoms with van der Waals surface area (Å²) in [7, 11) is 0. The van der Waals surface area contributed by atoms with Crippen molar-refractivity contribution in [3.05, 3.63) is 22.4 Å². The second-order valence-electron chi connectivity index (χ2n) is 2.21. The molecule has 0 aliphatic carbocycles. The Morgan fingerprint density at radius 2 is 2.14 bits per heavy atom. The van der Waals surface area contributed by atoms with Crippen molar-refractivity contribution in [2.45, 2.75) is 6.36 Å². The first kappa shape index (κ1) is 11.0. The molecule has 0 atom stereocenters. The highest BCUT2D eigenvalue weighted by atomic mass is 79.9. The van der Waals surface area contributed by atoms with Crippen LogP contribution >= 0.6 is 15.9 Å². The monoisotopic (exact) mass is 269 g/mol. The maximum Gasteiger partial charge on any atom is 0.573 e. The highest BCUT2D eigenvalue weighted by molar-refractivity contribution is 9.10. The van der Waals surface area contributed by atoms with Crippen molar-refractivity contribution >= 4 is 22.2 Å². The lowest BCUT2D eigenvalue weighted by atomic mass is 10.4. The van der Waals surface area contributed by atoms with Gasteiger partial charge in [-0.15, -0.1) is 13.2 Å². The smallest absolute Gasteiger partial charge is 0.403 e. The Bertz CT molecular complexity index is 353. The molecular formula is C7H3BrF3NO2. The quantitative estimate of drug-likeness (QED) is 0.775. The van der Waals surface area contributed by atoms with Crippen LogP contribution in [0.25, 0.3) is 0 Å². The number of pyridine rings is 1. The Morgan fingerprint density at radius 1 is 1.50 bits per heavy atom. The third-order valence-corrected chi connectivity index (χ3v) is 1.81. The third kappa shape index (κ3) is 2.99. The van der Waals surface area contributed by atoms with Gasteiger partial charge in [0.25, 0.3) is 0 Å². The Kier molecular flexibility index (Phi) is 3.10. The molecule has 7 heteroatoms. The number of halogens is 4. The van der Waals surface area contributed by atoms with Crippen molar-refractivity contribution in [1.82, 2.24) is 4.98 Å². The molecule has 0 spiro atoms. The Hall–Kier alpha value is -1.11. The maximum absolute atomic E-state index is 11.8. The average molecular weight is 270 g/mol. The lowest BCUT2D eigenvalue weighted by molar-refractivity contribution is -0.275. The minimum atomic E-state index is -4.77. The van der Waals surface area contributed by atoms with Gasteiger partial charge in [0.1, 0.15) is 5.69 Å². The zero-order chi connectivity index (χ0) is 10.8. The number of carbonyl (C=O) groups excluding carboxylic acids is 1. The largest absolute Gasteiger partial charge is 0.573 e. The molecule has 0 amide bonds. The molecule has 0 aromatic carbocycles. The van der Waals surface area contributed by atoms with Gasteiger partial charge in [0.2, 0.25) is 0 Å². The summed E-state index contributed by atoms with van der Waals surface area (Å²) in [6.45, 7) is 0. The van der Waals surface area contributed by atoms with Crippen LogP contribution in [0.4, 0.5) is 13.2 Å². The van der Waals surface area contributed by atoms with Crippen molar-refractivity contribution in [2.75, 3.05) is 0 Å². The molecule has 76 valence electrons. The minimum Gasteiger partial charge on any atom is -0.403 e. The Balaban J connectivity index is 2.95. The zero-order valence-corrected chi connectivity index (χ0v) is 8.09. The summed E-state index contributed by atoms with van der Waals surface area (Å²) in [6, 6.07) is 1.13. The van der Waals surface area contributed by atoms with Gasteiger partial charge in [-0.25, -0.2) is 4.98 Å². The van der Waals surface area contributed by atoms with Gasteiger partial charge in [0.05, 0.1) is 10.7 Å². The van der Waals surface area contributed by atoms with Crippen LogP contribution < -0.4 is 4.74 Å². The van der Waals surface area contributed by atoms with Gasteiger partial charge in [-0.1, -0.05) is 0 Å². The van der Waals surface area contributed by atoms with E-state index in [0.717, 1.165) is 12.3 Å². The molecule has 14 heavy (non-hydrogen) atoms. The van der Waals surface area contributed by atoms with E-state index in [4.69, 9.17) is 0 Å². The fourth-order valence-corrected chi connectivity index (χ4v) is 1.12. The number of rotatable bonds is 2. The zero-order valence-electron chi connectivity index (χ0n) is 6.51. The topological polar surface area (TPSA) is 39.2 Å². The Morgan fingerprint density at radius 3 is 2.57 bits per heavy atom. The highest BCUT2D eigenvalue weighted by Crippen LogP contribution is 2.29. The van der Waals surface area contributed by atoms with Gasteiger partial charge in [-0.05, 0) is 22.0 Å². The van der Waals surface area contributed by atoms with E-state index in [9.17, 15) is 18.0 Å². The molecule has 0 saturated carbocycles. The number of aromatic nitrogens is 1. The average Bonchev–Trinajstić information content (AvgIpc) is 2.06. The Labute approximate surface area is 85.0 Å². The molecule has 3 nitrogen and oxygen atoms in total. The number of aldehydes is 1. The van der Waals surface area contributed by atoms with Gasteiger partial charge < -0.3 is 4.74 Å². The van der Waals surface area contributed by atoms with Crippen LogP contribution in [-0.2, 0) is 0 Å². The van der Waals surface area contributed by atoms with Crippen LogP contribution in [0, 0.1) is 0 Å². The molecule has 1 heterocycles. The second kappa shape index (κ2) is 3.95. The maximum atomic E-state index is 11.8. The summed E-state index contributed by atoms with van der Waals surface area (Å²) in [5, 5.41) is 0. The lowest BCUT2D eigenvalue weighted by Gasteiger charge is -2.09. The molecule has 1 rings (SSSR count). The van der Waals surface area contributed by atoms with Crippen molar-refractivity contribution in [1.29, 1.82) is 0 Å². The SMILES string of the molecule is O=Cc1cc(Br)c(OC(F)(F)F)cn1. The number of carbonyl (C=O) groups is 1. The van der Waals surface area contributed by atoms with Gasteiger partial charge >= 0.3 is 6.36 Å². The number of hydrogen-bond donors (Lipinski definition) is 0. The molecule has 0 fully saturated rings. The lowest BCUT2D eigenvalue weighted by Crippen LogP contribution is -2.17. The number of hydrogen-bond acceptors (Lipinski definition) is 3. The standard InChI is InChI=1S/C7H3BrF3NO2/c8-5-1-4(3-13)12-2-6(5)14-7(9,10)11/h1-3H. The van der Waals surface area contributed by atoms with Gasteiger partial charge in [-0.2, -0.15) is 0 Å². The number of ether oxygens (including phenoxy) is 1.